The Balaban J connectivity index is 0.00000392. The number of rotatable bonds is 9. The fourth-order valence-corrected chi connectivity index (χ4v) is 4.09. The maximum atomic E-state index is 5.68. The number of aliphatic imine (C=N–C) groups is 1. The average molecular weight is 523 g/mol. The lowest BCUT2D eigenvalue weighted by Gasteiger charge is -2.33. The van der Waals surface area contributed by atoms with E-state index in [-0.39, 0.29) is 29.4 Å². The SMILES string of the molecule is CCNC(=NCC(C)(C)c1cccs1)NC1CCN(CCOC(C)C)CC1.I. The molecule has 0 spiro atoms. The lowest BCUT2D eigenvalue weighted by molar-refractivity contribution is 0.0532. The molecule has 2 heterocycles. The quantitative estimate of drug-likeness (QED) is 0.292. The van der Waals surface area contributed by atoms with Gasteiger partial charge in [-0.25, -0.2) is 0 Å². The molecule has 28 heavy (non-hydrogen) atoms. The van der Waals surface area contributed by atoms with Crippen LogP contribution in [0.3, 0.4) is 0 Å². The molecule has 0 aliphatic carbocycles. The van der Waals surface area contributed by atoms with Crippen LogP contribution in [-0.2, 0) is 10.2 Å². The maximum absolute atomic E-state index is 5.68. The number of hydrogen-bond donors (Lipinski definition) is 2. The van der Waals surface area contributed by atoms with Crippen molar-refractivity contribution in [2.24, 2.45) is 4.99 Å². The first-order valence-electron chi connectivity index (χ1n) is 10.3. The first-order valence-corrected chi connectivity index (χ1v) is 11.2. The zero-order valence-electron chi connectivity index (χ0n) is 18.2. The number of thiophene rings is 1. The lowest BCUT2D eigenvalue weighted by Crippen LogP contribution is -2.49. The molecule has 0 radical (unpaired) electrons. The van der Waals surface area contributed by atoms with Crippen LogP contribution in [0.5, 0.6) is 0 Å². The highest BCUT2D eigenvalue weighted by Crippen LogP contribution is 2.27. The summed E-state index contributed by atoms with van der Waals surface area (Å²) in [6.45, 7) is 16.6. The van der Waals surface area contributed by atoms with Gasteiger partial charge in [0.2, 0.25) is 0 Å². The van der Waals surface area contributed by atoms with Gasteiger partial charge in [0.25, 0.3) is 0 Å². The van der Waals surface area contributed by atoms with Crippen molar-refractivity contribution in [2.45, 2.75) is 65.0 Å². The number of guanidine groups is 1. The highest BCUT2D eigenvalue weighted by molar-refractivity contribution is 14.0. The van der Waals surface area contributed by atoms with Gasteiger partial charge in [0.15, 0.2) is 5.96 Å². The molecule has 0 amide bonds. The van der Waals surface area contributed by atoms with Crippen LogP contribution >= 0.6 is 35.3 Å². The van der Waals surface area contributed by atoms with Gasteiger partial charge in [-0.1, -0.05) is 19.9 Å². The van der Waals surface area contributed by atoms with Gasteiger partial charge in [-0.2, -0.15) is 0 Å². The minimum Gasteiger partial charge on any atom is -0.377 e. The molecule has 1 aliphatic heterocycles. The monoisotopic (exact) mass is 522 g/mol. The highest BCUT2D eigenvalue weighted by Gasteiger charge is 2.23. The summed E-state index contributed by atoms with van der Waals surface area (Å²) in [6, 6.07) is 4.82. The molecule has 1 aromatic heterocycles. The minimum absolute atomic E-state index is 0. The maximum Gasteiger partial charge on any atom is 0.191 e. The van der Waals surface area contributed by atoms with Crippen molar-refractivity contribution >= 4 is 41.3 Å². The van der Waals surface area contributed by atoms with Crippen LogP contribution in [-0.4, -0.2) is 62.3 Å². The number of nitrogens with one attached hydrogen (secondary N) is 2. The second-order valence-electron chi connectivity index (χ2n) is 8.24. The second-order valence-corrected chi connectivity index (χ2v) is 9.18. The number of likely N-dealkylation sites (tertiary alicyclic amines) is 1. The van der Waals surface area contributed by atoms with Gasteiger partial charge < -0.3 is 20.3 Å². The van der Waals surface area contributed by atoms with E-state index in [0.29, 0.717) is 12.1 Å². The van der Waals surface area contributed by atoms with Crippen LogP contribution in [0.4, 0.5) is 0 Å². The number of ether oxygens (including phenoxy) is 1. The molecule has 1 aliphatic rings. The van der Waals surface area contributed by atoms with Crippen molar-refractivity contribution in [1.29, 1.82) is 0 Å². The third kappa shape index (κ3) is 8.97. The van der Waals surface area contributed by atoms with Crippen LogP contribution in [0.15, 0.2) is 22.5 Å². The van der Waals surface area contributed by atoms with E-state index < -0.39 is 0 Å². The molecule has 2 rings (SSSR count). The van der Waals surface area contributed by atoms with E-state index >= 15 is 0 Å². The lowest BCUT2D eigenvalue weighted by atomic mass is 9.92. The summed E-state index contributed by atoms with van der Waals surface area (Å²) in [5.74, 6) is 0.948. The Morgan fingerprint density at radius 1 is 1.36 bits per heavy atom. The van der Waals surface area contributed by atoms with E-state index in [4.69, 9.17) is 9.73 Å². The van der Waals surface area contributed by atoms with Crippen molar-refractivity contribution in [3.8, 4) is 0 Å². The molecular formula is C21H39IN4OS. The third-order valence-corrected chi connectivity index (χ3v) is 6.19. The molecule has 7 heteroatoms. The Labute approximate surface area is 192 Å². The smallest absolute Gasteiger partial charge is 0.191 e. The molecule has 0 atom stereocenters. The summed E-state index contributed by atoms with van der Waals surface area (Å²) in [5.41, 5.74) is 0.0658. The summed E-state index contributed by atoms with van der Waals surface area (Å²) in [7, 11) is 0. The summed E-state index contributed by atoms with van der Waals surface area (Å²) in [4.78, 5) is 8.78. The highest BCUT2D eigenvalue weighted by atomic mass is 127. The summed E-state index contributed by atoms with van der Waals surface area (Å²) < 4.78 is 5.68. The van der Waals surface area contributed by atoms with Crippen LogP contribution in [0.25, 0.3) is 0 Å². The number of nitrogens with zero attached hydrogens (tertiary/aromatic N) is 2. The van der Waals surface area contributed by atoms with E-state index in [9.17, 15) is 0 Å². The Morgan fingerprint density at radius 3 is 2.64 bits per heavy atom. The number of halogens is 1. The fourth-order valence-electron chi connectivity index (χ4n) is 3.25. The predicted octanol–water partition coefficient (Wildman–Crippen LogP) is 4.09. The summed E-state index contributed by atoms with van der Waals surface area (Å²) in [6.07, 6.45) is 2.63. The van der Waals surface area contributed by atoms with E-state index in [2.05, 4.69) is 67.7 Å². The Kier molecular flexibility index (Phi) is 11.9. The van der Waals surface area contributed by atoms with Gasteiger partial charge in [-0.15, -0.1) is 35.3 Å². The van der Waals surface area contributed by atoms with Crippen LogP contribution in [0.1, 0.15) is 52.3 Å². The minimum atomic E-state index is 0. The molecule has 0 unspecified atom stereocenters. The van der Waals surface area contributed by atoms with Gasteiger partial charge >= 0.3 is 0 Å². The molecule has 1 saturated heterocycles. The van der Waals surface area contributed by atoms with Crippen molar-refractivity contribution in [3.63, 3.8) is 0 Å². The zero-order chi connectivity index (χ0) is 19.7. The van der Waals surface area contributed by atoms with Crippen molar-refractivity contribution in [1.82, 2.24) is 15.5 Å². The van der Waals surface area contributed by atoms with Gasteiger partial charge in [-0.05, 0) is 45.1 Å². The van der Waals surface area contributed by atoms with Crippen molar-refractivity contribution in [2.75, 3.05) is 39.3 Å². The standard InChI is InChI=1S/C21H38N4OS.HI/c1-6-22-20(23-16-21(4,5)19-8-7-15-27-19)24-18-9-11-25(12-10-18)13-14-26-17(2)3;/h7-8,15,17-18H,6,9-14,16H2,1-5H3,(H2,22,23,24);1H. The molecule has 0 saturated carbocycles. The van der Waals surface area contributed by atoms with E-state index in [0.717, 1.165) is 58.1 Å². The summed E-state index contributed by atoms with van der Waals surface area (Å²) in [5, 5.41) is 9.21. The second kappa shape index (κ2) is 13.0. The Bertz CT molecular complexity index is 555. The third-order valence-electron chi connectivity index (χ3n) is 4.95. The van der Waals surface area contributed by atoms with E-state index in [1.165, 1.54) is 4.88 Å². The zero-order valence-corrected chi connectivity index (χ0v) is 21.3. The van der Waals surface area contributed by atoms with Gasteiger partial charge in [0, 0.05) is 42.5 Å². The van der Waals surface area contributed by atoms with E-state index in [1.807, 2.05) is 11.3 Å². The van der Waals surface area contributed by atoms with Gasteiger partial charge in [-0.3, -0.25) is 4.99 Å². The Hall–Kier alpha value is -0.380. The predicted molar refractivity (Wildman–Crippen MR) is 132 cm³/mol. The normalized spacial score (nSPS) is 16.9. The van der Waals surface area contributed by atoms with Gasteiger partial charge in [0.1, 0.15) is 0 Å². The Morgan fingerprint density at radius 2 is 2.07 bits per heavy atom. The number of hydrogen-bond acceptors (Lipinski definition) is 4. The first-order chi connectivity index (χ1) is 12.9. The summed E-state index contributed by atoms with van der Waals surface area (Å²) >= 11 is 1.81. The van der Waals surface area contributed by atoms with Crippen molar-refractivity contribution < 1.29 is 4.74 Å². The molecule has 1 fully saturated rings. The molecule has 0 bridgehead atoms. The van der Waals surface area contributed by atoms with Gasteiger partial charge in [0.05, 0.1) is 19.3 Å². The van der Waals surface area contributed by atoms with Crippen LogP contribution in [0.2, 0.25) is 0 Å². The first kappa shape index (κ1) is 25.7. The van der Waals surface area contributed by atoms with E-state index in [1.54, 1.807) is 0 Å². The van der Waals surface area contributed by atoms with Crippen LogP contribution < -0.4 is 10.6 Å². The van der Waals surface area contributed by atoms with Crippen LogP contribution in [0, 0.1) is 0 Å². The largest absolute Gasteiger partial charge is 0.377 e. The molecule has 5 nitrogen and oxygen atoms in total. The molecule has 2 N–H and O–H groups in total. The molecular weight excluding hydrogens is 483 g/mol. The van der Waals surface area contributed by atoms with Crippen molar-refractivity contribution in [3.05, 3.63) is 22.4 Å². The molecule has 162 valence electrons. The topological polar surface area (TPSA) is 48.9 Å². The average Bonchev–Trinajstić information content (AvgIpc) is 3.17. The molecule has 1 aromatic rings. The molecule has 0 aromatic carbocycles. The fraction of sp³-hybridized carbons (Fsp3) is 0.762. The number of piperidine rings is 1.